The van der Waals surface area contributed by atoms with E-state index < -0.39 is 10.0 Å². The largest absolute Gasteiger partial charge is 0.494 e. The lowest BCUT2D eigenvalue weighted by atomic mass is 10.0. The van der Waals surface area contributed by atoms with Crippen molar-refractivity contribution >= 4 is 50.6 Å². The van der Waals surface area contributed by atoms with E-state index in [0.29, 0.717) is 65.2 Å². The minimum Gasteiger partial charge on any atom is -0.494 e. The van der Waals surface area contributed by atoms with Crippen molar-refractivity contribution in [1.82, 2.24) is 14.9 Å². The van der Waals surface area contributed by atoms with Crippen molar-refractivity contribution in [2.45, 2.75) is 25.8 Å². The third-order valence-electron chi connectivity index (χ3n) is 8.09. The van der Waals surface area contributed by atoms with Gasteiger partial charge in [0.05, 0.1) is 24.7 Å². The molecule has 236 valence electrons. The van der Waals surface area contributed by atoms with Crippen LogP contribution in [0, 0.1) is 6.92 Å². The van der Waals surface area contributed by atoms with Gasteiger partial charge in [-0.1, -0.05) is 12.7 Å². The summed E-state index contributed by atoms with van der Waals surface area (Å²) >= 11 is 0. The highest BCUT2D eigenvalue weighted by Gasteiger charge is 2.27. The van der Waals surface area contributed by atoms with E-state index in [-0.39, 0.29) is 0 Å². The normalized spacial score (nSPS) is 15.2. The van der Waals surface area contributed by atoms with Crippen LogP contribution in [0.25, 0.3) is 6.08 Å². The average molecular weight is 624 g/mol. The molecule has 0 spiro atoms. The maximum absolute atomic E-state index is 12.6. The number of aryl methyl sites for hydroxylation is 1. The third-order valence-corrected chi connectivity index (χ3v) is 9.26. The van der Waals surface area contributed by atoms with Crippen molar-refractivity contribution < 1.29 is 22.6 Å². The molecule has 0 radical (unpaired) electrons. The highest BCUT2D eigenvalue weighted by molar-refractivity contribution is 7.92. The lowest BCUT2D eigenvalue weighted by Gasteiger charge is -2.37. The molecule has 12 nitrogen and oxygen atoms in total. The van der Waals surface area contributed by atoms with Gasteiger partial charge in [-0.15, -0.1) is 0 Å². The van der Waals surface area contributed by atoms with E-state index in [0.717, 1.165) is 53.4 Å². The first kappa shape index (κ1) is 31.2. The maximum Gasteiger partial charge on any atom is 0.232 e. The number of rotatable bonds is 10. The molecule has 3 heterocycles. The highest BCUT2D eigenvalue weighted by atomic mass is 32.2. The zero-order valence-electron chi connectivity index (χ0n) is 26.2. The Hall–Kier alpha value is -4.23. The van der Waals surface area contributed by atoms with Crippen molar-refractivity contribution in [3.05, 3.63) is 48.2 Å². The summed E-state index contributed by atoms with van der Waals surface area (Å²) in [5.74, 6) is 2.23. The highest BCUT2D eigenvalue weighted by Crippen LogP contribution is 2.46. The molecular weight excluding hydrogens is 582 g/mol. The molecule has 3 aromatic rings. The van der Waals surface area contributed by atoms with Crippen LogP contribution in [0.2, 0.25) is 0 Å². The molecule has 1 fully saturated rings. The third kappa shape index (κ3) is 6.48. The quantitative estimate of drug-likeness (QED) is 0.329. The average Bonchev–Trinajstić information content (AvgIpc) is 3.00. The first-order chi connectivity index (χ1) is 21.0. The Labute approximate surface area is 259 Å². The number of nitrogens with one attached hydrogen (secondary N) is 2. The fourth-order valence-corrected chi connectivity index (χ4v) is 6.05. The van der Waals surface area contributed by atoms with Crippen LogP contribution in [-0.4, -0.2) is 90.1 Å². The van der Waals surface area contributed by atoms with Gasteiger partial charge in [-0.05, 0) is 57.6 Å². The van der Waals surface area contributed by atoms with Crippen molar-refractivity contribution in [3.63, 3.8) is 0 Å². The van der Waals surface area contributed by atoms with Crippen LogP contribution < -0.4 is 34.0 Å². The van der Waals surface area contributed by atoms with E-state index in [1.165, 1.54) is 7.05 Å². The monoisotopic (exact) mass is 623 g/mol. The van der Waals surface area contributed by atoms with Crippen LogP contribution in [0.3, 0.4) is 0 Å². The van der Waals surface area contributed by atoms with Gasteiger partial charge in [-0.25, -0.2) is 13.4 Å². The Morgan fingerprint density at radius 1 is 1.09 bits per heavy atom. The van der Waals surface area contributed by atoms with E-state index in [4.69, 9.17) is 19.2 Å². The lowest BCUT2D eigenvalue weighted by Crippen LogP contribution is -2.42. The van der Waals surface area contributed by atoms with Gasteiger partial charge in [0.15, 0.2) is 11.5 Å². The molecule has 1 aromatic heterocycles. The molecule has 0 aliphatic carbocycles. The second-order valence-electron chi connectivity index (χ2n) is 11.2. The molecule has 2 aromatic carbocycles. The SMILES string of the molecule is C=Cc1cnc(Nc2cc(C)c(N3CCC(N(C)C)CC3)cc2OC)nc1Nc1ccc2c(c1N(C)S(C)(=O)=O)OCCO2. The molecule has 2 N–H and O–H groups in total. The molecule has 13 heteroatoms. The van der Waals surface area contributed by atoms with Gasteiger partial charge in [-0.2, -0.15) is 4.98 Å². The fourth-order valence-electron chi connectivity index (χ4n) is 5.54. The fraction of sp³-hybridized carbons (Fsp3) is 0.419. The Morgan fingerprint density at radius 3 is 2.48 bits per heavy atom. The van der Waals surface area contributed by atoms with Gasteiger partial charge in [-0.3, -0.25) is 4.31 Å². The van der Waals surface area contributed by atoms with E-state index in [9.17, 15) is 8.42 Å². The van der Waals surface area contributed by atoms with Crippen LogP contribution in [0.4, 0.5) is 34.5 Å². The summed E-state index contributed by atoms with van der Waals surface area (Å²) < 4.78 is 43.7. The summed E-state index contributed by atoms with van der Waals surface area (Å²) in [5.41, 5.74) is 4.39. The second kappa shape index (κ2) is 12.8. The molecule has 0 amide bonds. The van der Waals surface area contributed by atoms with Crippen LogP contribution >= 0.6 is 0 Å². The Bertz CT molecular complexity index is 1640. The zero-order valence-corrected chi connectivity index (χ0v) is 27.0. The van der Waals surface area contributed by atoms with E-state index in [1.54, 1.807) is 31.5 Å². The number of anilines is 6. The number of piperidine rings is 1. The number of nitrogens with zero attached hydrogens (tertiary/aromatic N) is 5. The van der Waals surface area contributed by atoms with Crippen LogP contribution in [0.5, 0.6) is 17.2 Å². The smallest absolute Gasteiger partial charge is 0.232 e. The molecule has 0 bridgehead atoms. The zero-order chi connectivity index (χ0) is 31.6. The minimum absolute atomic E-state index is 0.301. The predicted molar refractivity (Wildman–Crippen MR) is 176 cm³/mol. The standard InChI is InChI=1S/C31H41N7O5S/c1-8-21-19-32-31(34-24-17-20(2)25(18-27(24)41-6)38-13-11-22(12-14-38)36(3)4)35-30(21)33-23-9-10-26-29(43-16-15-42-26)28(23)37(5)44(7,39)40/h8-10,17-19,22H,1,11-16H2,2-7H3,(H2,32,33,34,35). The van der Waals surface area contributed by atoms with Crippen molar-refractivity contribution in [2.75, 3.05) is 80.7 Å². The number of ether oxygens (including phenoxy) is 3. The summed E-state index contributed by atoms with van der Waals surface area (Å²) in [6.45, 7) is 8.64. The molecule has 0 saturated carbocycles. The molecule has 44 heavy (non-hydrogen) atoms. The molecule has 1 saturated heterocycles. The molecule has 2 aliphatic heterocycles. The van der Waals surface area contributed by atoms with E-state index in [2.05, 4.69) is 59.1 Å². The Balaban J connectivity index is 1.45. The predicted octanol–water partition coefficient (Wildman–Crippen LogP) is 4.62. The van der Waals surface area contributed by atoms with Crippen LogP contribution in [0.15, 0.2) is 37.0 Å². The first-order valence-electron chi connectivity index (χ1n) is 14.5. The van der Waals surface area contributed by atoms with E-state index in [1.807, 2.05) is 6.07 Å². The Kier molecular flexibility index (Phi) is 9.07. The number of hydrogen-bond donors (Lipinski definition) is 2. The molecule has 0 unspecified atom stereocenters. The van der Waals surface area contributed by atoms with E-state index >= 15 is 0 Å². The van der Waals surface area contributed by atoms with Gasteiger partial charge in [0.1, 0.15) is 30.5 Å². The molecular formula is C31H41N7O5S. The van der Waals surface area contributed by atoms with Gasteiger partial charge < -0.3 is 34.6 Å². The minimum atomic E-state index is -3.63. The number of aromatic nitrogens is 2. The summed E-state index contributed by atoms with van der Waals surface area (Å²) in [6.07, 6.45) is 6.63. The van der Waals surface area contributed by atoms with Crippen molar-refractivity contribution in [2.24, 2.45) is 0 Å². The van der Waals surface area contributed by atoms with Crippen LogP contribution in [-0.2, 0) is 10.0 Å². The first-order valence-corrected chi connectivity index (χ1v) is 16.3. The van der Waals surface area contributed by atoms with Gasteiger partial charge in [0.2, 0.25) is 16.0 Å². The molecule has 0 atom stereocenters. The Morgan fingerprint density at radius 2 is 1.82 bits per heavy atom. The summed E-state index contributed by atoms with van der Waals surface area (Å²) in [5, 5.41) is 6.59. The van der Waals surface area contributed by atoms with Crippen molar-refractivity contribution in [3.8, 4) is 17.2 Å². The number of sulfonamides is 1. The molecule has 5 rings (SSSR count). The number of benzene rings is 2. The van der Waals surface area contributed by atoms with Gasteiger partial charge in [0, 0.05) is 49.7 Å². The second-order valence-corrected chi connectivity index (χ2v) is 13.2. The molecule has 2 aliphatic rings. The number of methoxy groups -OCH3 is 1. The topological polar surface area (TPSA) is 121 Å². The van der Waals surface area contributed by atoms with Gasteiger partial charge >= 0.3 is 0 Å². The number of hydrogen-bond acceptors (Lipinski definition) is 11. The van der Waals surface area contributed by atoms with Gasteiger partial charge in [0.25, 0.3) is 0 Å². The summed E-state index contributed by atoms with van der Waals surface area (Å²) in [7, 11) is 3.78. The lowest BCUT2D eigenvalue weighted by molar-refractivity contribution is 0.172. The van der Waals surface area contributed by atoms with Crippen LogP contribution in [0.1, 0.15) is 24.0 Å². The number of fused-ring (bicyclic) bond motifs is 1. The summed E-state index contributed by atoms with van der Waals surface area (Å²) in [4.78, 5) is 14.0. The maximum atomic E-state index is 12.6. The summed E-state index contributed by atoms with van der Waals surface area (Å²) in [6, 6.07) is 8.18. The van der Waals surface area contributed by atoms with Crippen molar-refractivity contribution in [1.29, 1.82) is 0 Å².